The Bertz CT molecular complexity index is 1160. The molecule has 2 fully saturated rings. The Morgan fingerprint density at radius 2 is 1.62 bits per heavy atom. The predicted octanol–water partition coefficient (Wildman–Crippen LogP) is 2.83. The Balaban J connectivity index is 2.20. The number of carbonyl (C=O) groups is 2. The van der Waals surface area contributed by atoms with Crippen molar-refractivity contribution in [1.29, 1.82) is 0 Å². The van der Waals surface area contributed by atoms with Gasteiger partial charge in [0.25, 0.3) is 0 Å². The zero-order valence-corrected chi connectivity index (χ0v) is 19.7. The highest BCUT2D eigenvalue weighted by Crippen LogP contribution is 2.37. The molecule has 2 aliphatic rings. The Hall–Kier alpha value is -2.26. The van der Waals surface area contributed by atoms with Gasteiger partial charge in [0.15, 0.2) is 0 Å². The molecule has 176 valence electrons. The summed E-state index contributed by atoms with van der Waals surface area (Å²) >= 11 is 0. The van der Waals surface area contributed by atoms with E-state index < -0.39 is 67.7 Å². The van der Waals surface area contributed by atoms with Crippen LogP contribution in [0, 0.1) is 0 Å². The summed E-state index contributed by atoms with van der Waals surface area (Å²) in [6.07, 6.45) is -1.58. The molecule has 0 radical (unpaired) electrons. The van der Waals surface area contributed by atoms with E-state index in [9.17, 15) is 9.59 Å². The molecular weight excluding hydrogens is 411 g/mol. The number of carbonyl (C=O) groups excluding carboxylic acids is 2. The lowest BCUT2D eigenvalue weighted by Crippen LogP contribution is -2.50. The van der Waals surface area contributed by atoms with Gasteiger partial charge in [-0.1, -0.05) is 6.07 Å². The third kappa shape index (κ3) is 5.04. The molecule has 0 unspecified atom stereocenters. The van der Waals surface area contributed by atoms with Crippen molar-refractivity contribution in [1.82, 2.24) is 4.90 Å². The SMILES string of the molecule is [2H]C1([2H])N(C(=O)OC(C)(C)C)C([2H])([2H])C([2H])([2H])N(c2ccc(B3OC(C)(C)C(C)(C)O3)c(C(=O)OC)c2)C1([2H])[2H]. The number of methoxy groups -OCH3 is 1. The number of esters is 1. The summed E-state index contributed by atoms with van der Waals surface area (Å²) in [6, 6.07) is 3.57. The topological polar surface area (TPSA) is 77.5 Å². The molecule has 3 rings (SSSR count). The van der Waals surface area contributed by atoms with E-state index in [0.29, 0.717) is 0 Å². The first-order chi connectivity index (χ1) is 17.8. The van der Waals surface area contributed by atoms with Crippen LogP contribution in [0.2, 0.25) is 0 Å². The van der Waals surface area contributed by atoms with Crippen molar-refractivity contribution in [2.24, 2.45) is 0 Å². The number of hydrogen-bond acceptors (Lipinski definition) is 7. The fourth-order valence-corrected chi connectivity index (χ4v) is 2.93. The third-order valence-electron chi connectivity index (χ3n) is 5.33. The Morgan fingerprint density at radius 1 is 1.06 bits per heavy atom. The fourth-order valence-electron chi connectivity index (χ4n) is 2.93. The molecule has 1 amide bonds. The average molecular weight is 454 g/mol. The molecule has 1 aromatic carbocycles. The van der Waals surface area contributed by atoms with Crippen molar-refractivity contribution < 1.29 is 39.3 Å². The maximum Gasteiger partial charge on any atom is 0.495 e. The van der Waals surface area contributed by atoms with Gasteiger partial charge >= 0.3 is 19.2 Å². The molecule has 0 aromatic heterocycles. The van der Waals surface area contributed by atoms with Gasteiger partial charge in [0.05, 0.1) is 34.8 Å². The molecule has 9 heteroatoms. The van der Waals surface area contributed by atoms with Crippen LogP contribution in [-0.4, -0.2) is 74.0 Å². The number of nitrogens with zero attached hydrogens (tertiary/aromatic N) is 2. The molecule has 8 nitrogen and oxygen atoms in total. The number of hydrogen-bond donors (Lipinski definition) is 0. The fraction of sp³-hybridized carbons (Fsp3) is 0.652. The lowest BCUT2D eigenvalue weighted by Gasteiger charge is -2.37. The monoisotopic (exact) mass is 454 g/mol. The molecule has 2 aliphatic heterocycles. The number of anilines is 1. The van der Waals surface area contributed by atoms with Crippen LogP contribution in [0.25, 0.3) is 0 Å². The molecule has 2 heterocycles. The Labute approximate surface area is 202 Å². The van der Waals surface area contributed by atoms with Crippen molar-refractivity contribution in [3.8, 4) is 0 Å². The summed E-state index contributed by atoms with van der Waals surface area (Å²) in [4.78, 5) is 25.8. The van der Waals surface area contributed by atoms with E-state index in [1.807, 2.05) is 0 Å². The van der Waals surface area contributed by atoms with Gasteiger partial charge in [-0.3, -0.25) is 0 Å². The minimum Gasteiger partial charge on any atom is -0.465 e. The van der Waals surface area contributed by atoms with Gasteiger partial charge in [-0.05, 0) is 66.1 Å². The van der Waals surface area contributed by atoms with E-state index in [1.165, 1.54) is 32.9 Å². The van der Waals surface area contributed by atoms with Crippen LogP contribution < -0.4 is 10.4 Å². The number of benzene rings is 1. The van der Waals surface area contributed by atoms with E-state index in [2.05, 4.69) is 0 Å². The molecule has 0 bridgehead atoms. The maximum atomic E-state index is 12.9. The van der Waals surface area contributed by atoms with Crippen LogP contribution in [-0.2, 0) is 18.8 Å². The van der Waals surface area contributed by atoms with Crippen LogP contribution in [0.1, 0.15) is 69.8 Å². The molecule has 1 aromatic rings. The summed E-state index contributed by atoms with van der Waals surface area (Å²) in [7, 11) is 0.0573. The number of rotatable bonds is 3. The van der Waals surface area contributed by atoms with Gasteiger partial charge in [0, 0.05) is 31.7 Å². The molecule has 0 atom stereocenters. The van der Waals surface area contributed by atoms with Crippen molar-refractivity contribution in [3.05, 3.63) is 23.8 Å². The highest BCUT2D eigenvalue weighted by Gasteiger charge is 2.52. The minimum absolute atomic E-state index is 0.189. The maximum absolute atomic E-state index is 12.9. The molecule has 0 aliphatic carbocycles. The number of piperazine rings is 1. The first-order valence-corrected chi connectivity index (χ1v) is 10.2. The van der Waals surface area contributed by atoms with E-state index in [0.717, 1.165) is 13.2 Å². The lowest BCUT2D eigenvalue weighted by atomic mass is 9.75. The number of amides is 1. The highest BCUT2D eigenvalue weighted by atomic mass is 16.7. The third-order valence-corrected chi connectivity index (χ3v) is 5.33. The lowest BCUT2D eigenvalue weighted by molar-refractivity contribution is 0.00578. The highest BCUT2D eigenvalue weighted by molar-refractivity contribution is 6.63. The van der Waals surface area contributed by atoms with Crippen LogP contribution in [0.3, 0.4) is 0 Å². The first kappa shape index (κ1) is 15.6. The van der Waals surface area contributed by atoms with Crippen LogP contribution >= 0.6 is 0 Å². The van der Waals surface area contributed by atoms with Gasteiger partial charge in [0.1, 0.15) is 5.60 Å². The second-order valence-corrected chi connectivity index (χ2v) is 9.45. The standard InChI is InChI=1S/C23H35BN2O6/c1-21(2,3)30-20(28)26-13-11-25(12-14-26)16-9-10-18(17(15-16)19(27)29-8)24-31-22(4,5)23(6,7)32-24/h9-10,15H,11-14H2,1-8H3/i11D2,12D2,13D2,14D2. The van der Waals surface area contributed by atoms with Crippen molar-refractivity contribution >= 4 is 30.3 Å². The molecule has 0 N–H and O–H groups in total. The summed E-state index contributed by atoms with van der Waals surface area (Å²) in [5.41, 5.74) is -3.16. The summed E-state index contributed by atoms with van der Waals surface area (Å²) in [5, 5.41) is 0. The van der Waals surface area contributed by atoms with Gasteiger partial charge in [0.2, 0.25) is 0 Å². The zero-order chi connectivity index (χ0) is 31.1. The van der Waals surface area contributed by atoms with Crippen LogP contribution in [0.15, 0.2) is 18.2 Å². The quantitative estimate of drug-likeness (QED) is 0.514. The predicted molar refractivity (Wildman–Crippen MR) is 124 cm³/mol. The van der Waals surface area contributed by atoms with Gasteiger partial charge in [-0.15, -0.1) is 0 Å². The Kier molecular flexibility index (Phi) is 4.18. The van der Waals surface area contributed by atoms with Crippen LogP contribution in [0.5, 0.6) is 0 Å². The summed E-state index contributed by atoms with van der Waals surface area (Å²) in [6.45, 7) is -2.11. The van der Waals surface area contributed by atoms with Crippen LogP contribution in [0.4, 0.5) is 10.5 Å². The molecule has 32 heavy (non-hydrogen) atoms. The van der Waals surface area contributed by atoms with Gasteiger partial charge in [-0.25, -0.2) is 9.59 Å². The second kappa shape index (κ2) is 8.59. The van der Waals surface area contributed by atoms with Gasteiger partial charge in [-0.2, -0.15) is 0 Å². The molecule has 0 saturated carbocycles. The van der Waals surface area contributed by atoms with Crippen molar-refractivity contribution in [3.63, 3.8) is 0 Å². The molecule has 2 saturated heterocycles. The summed E-state index contributed by atoms with van der Waals surface area (Å²) in [5.74, 6) is -0.897. The van der Waals surface area contributed by atoms with E-state index in [4.69, 9.17) is 29.7 Å². The average Bonchev–Trinajstić information content (AvgIpc) is 2.96. The number of ether oxygens (including phenoxy) is 2. The van der Waals surface area contributed by atoms with E-state index in [-0.39, 0.29) is 20.8 Å². The first-order valence-electron chi connectivity index (χ1n) is 14.2. The normalized spacial score (nSPS) is 30.3. The smallest absolute Gasteiger partial charge is 0.465 e. The second-order valence-electron chi connectivity index (χ2n) is 9.45. The zero-order valence-electron chi connectivity index (χ0n) is 27.7. The molecule has 0 spiro atoms. The van der Waals surface area contributed by atoms with Crippen molar-refractivity contribution in [2.75, 3.05) is 38.0 Å². The minimum atomic E-state index is -3.46. The summed E-state index contributed by atoms with van der Waals surface area (Å²) < 4.78 is 90.7. The Morgan fingerprint density at radius 3 is 2.12 bits per heavy atom. The van der Waals surface area contributed by atoms with Gasteiger partial charge < -0.3 is 28.6 Å². The molecular formula is C23H35BN2O6. The van der Waals surface area contributed by atoms with Crippen molar-refractivity contribution in [2.45, 2.75) is 65.3 Å². The largest absolute Gasteiger partial charge is 0.495 e. The van der Waals surface area contributed by atoms with E-state index in [1.54, 1.807) is 27.7 Å². The van der Waals surface area contributed by atoms with E-state index >= 15 is 0 Å².